The first-order valence-corrected chi connectivity index (χ1v) is 9.75. The number of nitrogens with zero attached hydrogens (tertiary/aromatic N) is 1. The zero-order valence-corrected chi connectivity index (χ0v) is 16.2. The summed E-state index contributed by atoms with van der Waals surface area (Å²) < 4.78 is 10.4. The number of carbonyl (C=O) groups excluding carboxylic acids is 2. The molecule has 2 aromatic heterocycles. The molecule has 0 radical (unpaired) electrons. The van der Waals surface area contributed by atoms with E-state index in [2.05, 4.69) is 20.6 Å². The lowest BCUT2D eigenvalue weighted by Crippen LogP contribution is -2.43. The highest BCUT2D eigenvalue weighted by Crippen LogP contribution is 2.23. The maximum absolute atomic E-state index is 12.7. The minimum absolute atomic E-state index is 0.160. The average molecular weight is 396 g/mol. The summed E-state index contributed by atoms with van der Waals surface area (Å²) in [5.41, 5.74) is 2.06. The zero-order chi connectivity index (χ0) is 20.2. The van der Waals surface area contributed by atoms with Gasteiger partial charge in [-0.05, 0) is 31.0 Å². The highest BCUT2D eigenvalue weighted by Gasteiger charge is 2.27. The first kappa shape index (κ1) is 19.2. The number of aromatic nitrogens is 2. The summed E-state index contributed by atoms with van der Waals surface area (Å²) >= 11 is 0. The van der Waals surface area contributed by atoms with E-state index in [1.165, 1.54) is 13.4 Å². The van der Waals surface area contributed by atoms with Crippen LogP contribution in [-0.2, 0) is 16.0 Å². The van der Waals surface area contributed by atoms with Crippen molar-refractivity contribution in [3.8, 4) is 0 Å². The molecule has 1 aromatic carbocycles. The average Bonchev–Trinajstić information content (AvgIpc) is 3.41. The van der Waals surface area contributed by atoms with Crippen LogP contribution >= 0.6 is 0 Å². The molecule has 0 spiro atoms. The van der Waals surface area contributed by atoms with Crippen LogP contribution < -0.4 is 10.6 Å². The van der Waals surface area contributed by atoms with Crippen LogP contribution in [0.15, 0.2) is 41.1 Å². The van der Waals surface area contributed by atoms with Crippen molar-refractivity contribution in [1.29, 1.82) is 0 Å². The van der Waals surface area contributed by atoms with Gasteiger partial charge in [0, 0.05) is 36.0 Å². The molecular weight excluding hydrogens is 372 g/mol. The fourth-order valence-electron chi connectivity index (χ4n) is 3.73. The Kier molecular flexibility index (Phi) is 5.62. The van der Waals surface area contributed by atoms with E-state index in [-0.39, 0.29) is 11.6 Å². The van der Waals surface area contributed by atoms with E-state index in [0.717, 1.165) is 42.4 Å². The van der Waals surface area contributed by atoms with E-state index >= 15 is 0 Å². The molecule has 0 aliphatic carbocycles. The lowest BCUT2D eigenvalue weighted by Gasteiger charge is -2.19. The number of esters is 1. The van der Waals surface area contributed by atoms with Gasteiger partial charge in [0.15, 0.2) is 11.6 Å². The number of methoxy groups -OCH3 is 1. The Morgan fingerprint density at radius 3 is 3.03 bits per heavy atom. The number of fused-ring (bicyclic) bond motifs is 1. The Morgan fingerprint density at radius 2 is 2.24 bits per heavy atom. The van der Waals surface area contributed by atoms with Crippen molar-refractivity contribution in [2.45, 2.75) is 31.2 Å². The van der Waals surface area contributed by atoms with Crippen LogP contribution in [0.3, 0.4) is 0 Å². The molecule has 1 aliphatic rings. The normalized spacial score (nSPS) is 17.8. The Morgan fingerprint density at radius 1 is 1.38 bits per heavy atom. The number of ether oxygens (including phenoxy) is 1. The van der Waals surface area contributed by atoms with Crippen LogP contribution in [-0.4, -0.2) is 48.1 Å². The van der Waals surface area contributed by atoms with Crippen molar-refractivity contribution < 1.29 is 18.7 Å². The number of amides is 1. The highest BCUT2D eigenvalue weighted by molar-refractivity contribution is 5.95. The van der Waals surface area contributed by atoms with E-state index in [0.29, 0.717) is 12.3 Å². The Balaban J connectivity index is 1.48. The molecule has 3 heterocycles. The monoisotopic (exact) mass is 396 g/mol. The predicted octanol–water partition coefficient (Wildman–Crippen LogP) is 2.14. The van der Waals surface area contributed by atoms with Crippen LogP contribution in [0.4, 0.5) is 0 Å². The molecule has 0 saturated carbocycles. The van der Waals surface area contributed by atoms with Gasteiger partial charge in [0.2, 0.25) is 0 Å². The number of benzene rings is 1. The molecule has 1 fully saturated rings. The Labute approximate surface area is 168 Å². The number of aromatic amines is 1. The quantitative estimate of drug-likeness (QED) is 0.551. The lowest BCUT2D eigenvalue weighted by molar-refractivity contribution is -0.142. The van der Waals surface area contributed by atoms with Crippen molar-refractivity contribution in [2.24, 2.45) is 0 Å². The summed E-state index contributed by atoms with van der Waals surface area (Å²) in [5, 5.41) is 7.04. The largest absolute Gasteiger partial charge is 0.467 e. The molecule has 29 heavy (non-hydrogen) atoms. The van der Waals surface area contributed by atoms with Crippen molar-refractivity contribution in [2.75, 3.05) is 20.2 Å². The van der Waals surface area contributed by atoms with Crippen LogP contribution in [0.5, 0.6) is 0 Å². The van der Waals surface area contributed by atoms with Gasteiger partial charge in [-0.2, -0.15) is 0 Å². The molecule has 0 bridgehead atoms. The summed E-state index contributed by atoms with van der Waals surface area (Å²) in [5.74, 6) is -0.260. The summed E-state index contributed by atoms with van der Waals surface area (Å²) in [7, 11) is 1.31. The topological polar surface area (TPSA) is 109 Å². The number of oxazole rings is 1. The SMILES string of the molecule is COC(=O)C(Cc1c[nH]c2ccccc12)NC(=O)c1coc(C2CCCNC2)n1. The third kappa shape index (κ3) is 4.17. The number of carbonyl (C=O) groups is 2. The molecule has 1 aliphatic heterocycles. The number of hydrogen-bond acceptors (Lipinski definition) is 6. The second-order valence-electron chi connectivity index (χ2n) is 7.23. The minimum atomic E-state index is -0.830. The number of piperidine rings is 1. The first-order valence-electron chi connectivity index (χ1n) is 9.75. The Hall–Kier alpha value is -3.13. The van der Waals surface area contributed by atoms with Gasteiger partial charge in [0.05, 0.1) is 7.11 Å². The van der Waals surface area contributed by atoms with Gasteiger partial charge in [-0.15, -0.1) is 0 Å². The van der Waals surface area contributed by atoms with E-state index in [1.54, 1.807) is 0 Å². The standard InChI is InChI=1S/C21H24N4O4/c1-28-21(27)17(9-14-11-23-16-7-3-2-6-15(14)16)24-19(26)18-12-29-20(25-18)13-5-4-8-22-10-13/h2-3,6-7,11-13,17,22-23H,4-5,8-10H2,1H3,(H,24,26). The van der Waals surface area contributed by atoms with Gasteiger partial charge < -0.3 is 24.8 Å². The number of para-hydroxylation sites is 1. The molecule has 4 rings (SSSR count). The molecule has 1 saturated heterocycles. The Bertz CT molecular complexity index is 1000. The molecule has 2 atom stereocenters. The molecular formula is C21H24N4O4. The fourth-order valence-corrected chi connectivity index (χ4v) is 3.73. The van der Waals surface area contributed by atoms with E-state index in [1.807, 2.05) is 30.5 Å². The van der Waals surface area contributed by atoms with E-state index in [4.69, 9.17) is 9.15 Å². The molecule has 8 heteroatoms. The number of nitrogens with one attached hydrogen (secondary N) is 3. The highest BCUT2D eigenvalue weighted by atomic mass is 16.5. The lowest BCUT2D eigenvalue weighted by atomic mass is 10.00. The van der Waals surface area contributed by atoms with Crippen LogP contribution in [0.2, 0.25) is 0 Å². The summed E-state index contributed by atoms with van der Waals surface area (Å²) in [6.07, 6.45) is 5.51. The predicted molar refractivity (Wildman–Crippen MR) is 107 cm³/mol. The van der Waals surface area contributed by atoms with Gasteiger partial charge >= 0.3 is 5.97 Å². The van der Waals surface area contributed by atoms with Crippen molar-refractivity contribution in [3.63, 3.8) is 0 Å². The summed E-state index contributed by atoms with van der Waals surface area (Å²) in [6, 6.07) is 6.97. The maximum atomic E-state index is 12.7. The third-order valence-corrected chi connectivity index (χ3v) is 5.29. The minimum Gasteiger partial charge on any atom is -0.467 e. The van der Waals surface area contributed by atoms with Gasteiger partial charge in [-0.25, -0.2) is 9.78 Å². The summed E-state index contributed by atoms with van der Waals surface area (Å²) in [6.45, 7) is 1.77. The molecule has 152 valence electrons. The van der Waals surface area contributed by atoms with E-state index in [9.17, 15) is 9.59 Å². The van der Waals surface area contributed by atoms with Gasteiger partial charge in [-0.1, -0.05) is 18.2 Å². The summed E-state index contributed by atoms with van der Waals surface area (Å²) in [4.78, 5) is 32.5. The molecule has 8 nitrogen and oxygen atoms in total. The third-order valence-electron chi connectivity index (χ3n) is 5.29. The van der Waals surface area contributed by atoms with Crippen molar-refractivity contribution in [3.05, 3.63) is 53.9 Å². The fraction of sp³-hybridized carbons (Fsp3) is 0.381. The van der Waals surface area contributed by atoms with Crippen LogP contribution in [0.1, 0.15) is 40.7 Å². The van der Waals surface area contributed by atoms with Crippen LogP contribution in [0, 0.1) is 0 Å². The maximum Gasteiger partial charge on any atom is 0.328 e. The molecule has 1 amide bonds. The smallest absolute Gasteiger partial charge is 0.328 e. The second kappa shape index (κ2) is 8.48. The van der Waals surface area contributed by atoms with E-state index < -0.39 is 17.9 Å². The van der Waals surface area contributed by atoms with Gasteiger partial charge in [0.1, 0.15) is 12.3 Å². The molecule has 3 N–H and O–H groups in total. The second-order valence-corrected chi connectivity index (χ2v) is 7.23. The van der Waals surface area contributed by atoms with Crippen molar-refractivity contribution in [1.82, 2.24) is 20.6 Å². The first-order chi connectivity index (χ1) is 14.2. The number of hydrogen-bond donors (Lipinski definition) is 3. The molecule has 3 aromatic rings. The van der Waals surface area contributed by atoms with Crippen molar-refractivity contribution >= 4 is 22.8 Å². The zero-order valence-electron chi connectivity index (χ0n) is 16.2. The van der Waals surface area contributed by atoms with Crippen LogP contribution in [0.25, 0.3) is 10.9 Å². The van der Waals surface area contributed by atoms with Gasteiger partial charge in [0.25, 0.3) is 5.91 Å². The van der Waals surface area contributed by atoms with Gasteiger partial charge in [-0.3, -0.25) is 4.79 Å². The number of H-pyrrole nitrogens is 1. The molecule has 2 unspecified atom stereocenters. The number of rotatable bonds is 6.